The summed E-state index contributed by atoms with van der Waals surface area (Å²) in [5.74, 6) is -4.00. The zero-order chi connectivity index (χ0) is 29.8. The van der Waals surface area contributed by atoms with Gasteiger partial charge in [0, 0.05) is 23.2 Å². The van der Waals surface area contributed by atoms with E-state index >= 15 is 0 Å². The smallest absolute Gasteiger partial charge is 0.291 e. The summed E-state index contributed by atoms with van der Waals surface area (Å²) in [7, 11) is 0. The average Bonchev–Trinajstić information content (AvgIpc) is 2.91. The van der Waals surface area contributed by atoms with E-state index in [-0.39, 0.29) is 35.4 Å². The number of benzene rings is 2. The Morgan fingerprint density at radius 1 is 0.925 bits per heavy atom. The first-order valence-electron chi connectivity index (χ1n) is 13.7. The van der Waals surface area contributed by atoms with Crippen molar-refractivity contribution in [2.45, 2.75) is 95.7 Å². The number of carbonyl (C=O) groups is 3. The van der Waals surface area contributed by atoms with Gasteiger partial charge in [-0.05, 0) is 82.9 Å². The van der Waals surface area contributed by atoms with Crippen molar-refractivity contribution in [2.75, 3.05) is 0 Å². The van der Waals surface area contributed by atoms with Gasteiger partial charge in [-0.15, -0.1) is 0 Å². The van der Waals surface area contributed by atoms with E-state index < -0.39 is 16.9 Å². The normalized spacial score (nSPS) is 15.6. The second-order valence-electron chi connectivity index (χ2n) is 12.2. The number of nitrogens with one attached hydrogen (secondary N) is 3. The van der Waals surface area contributed by atoms with Gasteiger partial charge < -0.3 is 16.0 Å². The van der Waals surface area contributed by atoms with Crippen molar-refractivity contribution in [2.24, 2.45) is 0 Å². The standard InChI is InChI=1S/C32H41F2N3O3/c1-7-32(33,34)25-13-11-12-22(20-25)21-35-28(40)31(18-9-8-10-19-31)36-26(38)23-14-16-24(17-15-23)30(5,6)27(39)37-29(2,3)4/h7,11-17,20H,1,8-10,18-19,21H2,2-6H3,(H,35,40)(H,36,38)(H,37,39). The van der Waals surface area contributed by atoms with E-state index in [1.165, 1.54) is 18.2 Å². The summed E-state index contributed by atoms with van der Waals surface area (Å²) in [5, 5.41) is 8.83. The van der Waals surface area contributed by atoms with Crippen molar-refractivity contribution in [3.63, 3.8) is 0 Å². The fourth-order valence-corrected chi connectivity index (χ4v) is 4.88. The predicted octanol–water partition coefficient (Wildman–Crippen LogP) is 5.91. The maximum absolute atomic E-state index is 14.0. The molecular weight excluding hydrogens is 512 g/mol. The summed E-state index contributed by atoms with van der Waals surface area (Å²) in [6, 6.07) is 12.7. The van der Waals surface area contributed by atoms with E-state index in [4.69, 9.17) is 0 Å². The Bertz CT molecular complexity index is 1240. The van der Waals surface area contributed by atoms with E-state index in [1.54, 1.807) is 30.3 Å². The third kappa shape index (κ3) is 7.34. The van der Waals surface area contributed by atoms with Crippen LogP contribution in [-0.4, -0.2) is 28.8 Å². The van der Waals surface area contributed by atoms with Gasteiger partial charge in [-0.25, -0.2) is 0 Å². The second kappa shape index (κ2) is 11.9. The minimum atomic E-state index is -3.17. The van der Waals surface area contributed by atoms with E-state index in [2.05, 4.69) is 22.5 Å². The molecule has 0 saturated heterocycles. The molecule has 6 nitrogen and oxygen atoms in total. The summed E-state index contributed by atoms with van der Waals surface area (Å²) in [6.45, 7) is 12.7. The molecule has 0 spiro atoms. The van der Waals surface area contributed by atoms with Crippen molar-refractivity contribution < 1.29 is 23.2 Å². The summed E-state index contributed by atoms with van der Waals surface area (Å²) in [5.41, 5.74) is -0.797. The van der Waals surface area contributed by atoms with Crippen LogP contribution in [0, 0.1) is 0 Å². The highest BCUT2D eigenvalue weighted by Crippen LogP contribution is 2.31. The van der Waals surface area contributed by atoms with Crippen LogP contribution in [0.25, 0.3) is 0 Å². The molecule has 3 N–H and O–H groups in total. The SMILES string of the molecule is C=CC(F)(F)c1cccc(CNC(=O)C2(NC(=O)c3ccc(C(C)(C)C(=O)NC(C)(C)C)cc3)CCCCC2)c1. The Balaban J connectivity index is 1.73. The minimum Gasteiger partial charge on any atom is -0.351 e. The third-order valence-electron chi connectivity index (χ3n) is 7.44. The number of hydrogen-bond acceptors (Lipinski definition) is 3. The largest absolute Gasteiger partial charge is 0.351 e. The summed E-state index contributed by atoms with van der Waals surface area (Å²) >= 11 is 0. The number of amides is 3. The van der Waals surface area contributed by atoms with Crippen LogP contribution in [0.5, 0.6) is 0 Å². The highest BCUT2D eigenvalue weighted by Gasteiger charge is 2.41. The quantitative estimate of drug-likeness (QED) is 0.338. The Kier molecular flexibility index (Phi) is 9.22. The Morgan fingerprint density at radius 2 is 1.55 bits per heavy atom. The van der Waals surface area contributed by atoms with Crippen LogP contribution < -0.4 is 16.0 Å². The first-order chi connectivity index (χ1) is 18.6. The van der Waals surface area contributed by atoms with Crippen LogP contribution >= 0.6 is 0 Å². The molecule has 0 radical (unpaired) electrons. The van der Waals surface area contributed by atoms with Crippen molar-refractivity contribution in [1.29, 1.82) is 0 Å². The third-order valence-corrected chi connectivity index (χ3v) is 7.44. The monoisotopic (exact) mass is 553 g/mol. The van der Waals surface area contributed by atoms with Crippen LogP contribution in [0.4, 0.5) is 8.78 Å². The molecule has 0 heterocycles. The maximum Gasteiger partial charge on any atom is 0.291 e. The summed E-state index contributed by atoms with van der Waals surface area (Å²) < 4.78 is 28.1. The van der Waals surface area contributed by atoms with Crippen molar-refractivity contribution >= 4 is 17.7 Å². The molecule has 1 saturated carbocycles. The second-order valence-corrected chi connectivity index (χ2v) is 12.2. The van der Waals surface area contributed by atoms with Gasteiger partial charge in [0.2, 0.25) is 11.8 Å². The molecule has 1 aliphatic carbocycles. The highest BCUT2D eigenvalue weighted by atomic mass is 19.3. The lowest BCUT2D eigenvalue weighted by Crippen LogP contribution is -2.59. The van der Waals surface area contributed by atoms with Crippen molar-refractivity contribution in [3.05, 3.63) is 83.4 Å². The molecule has 3 rings (SSSR count). The highest BCUT2D eigenvalue weighted by molar-refractivity contribution is 5.99. The first kappa shape index (κ1) is 31.0. The van der Waals surface area contributed by atoms with E-state index in [0.717, 1.165) is 24.8 Å². The summed E-state index contributed by atoms with van der Waals surface area (Å²) in [4.78, 5) is 39.6. The van der Waals surface area contributed by atoms with Crippen LogP contribution in [0.2, 0.25) is 0 Å². The van der Waals surface area contributed by atoms with Crippen molar-refractivity contribution in [1.82, 2.24) is 16.0 Å². The van der Waals surface area contributed by atoms with Gasteiger partial charge in [-0.3, -0.25) is 14.4 Å². The Labute approximate surface area is 236 Å². The van der Waals surface area contributed by atoms with Gasteiger partial charge in [-0.1, -0.05) is 56.2 Å². The Hall–Kier alpha value is -3.55. The van der Waals surface area contributed by atoms with Gasteiger partial charge in [-0.2, -0.15) is 8.78 Å². The lowest BCUT2D eigenvalue weighted by molar-refractivity contribution is -0.129. The number of allylic oxidation sites excluding steroid dienone is 1. The molecule has 216 valence electrons. The zero-order valence-electron chi connectivity index (χ0n) is 24.1. The molecule has 2 aromatic carbocycles. The number of rotatable bonds is 9. The van der Waals surface area contributed by atoms with Gasteiger partial charge in [0.15, 0.2) is 0 Å². The molecule has 40 heavy (non-hydrogen) atoms. The van der Waals surface area contributed by atoms with Gasteiger partial charge >= 0.3 is 0 Å². The minimum absolute atomic E-state index is 0.0535. The van der Waals surface area contributed by atoms with E-state index in [9.17, 15) is 23.2 Å². The van der Waals surface area contributed by atoms with Crippen LogP contribution in [-0.2, 0) is 27.5 Å². The van der Waals surface area contributed by atoms with E-state index in [0.29, 0.717) is 30.0 Å². The Morgan fingerprint density at radius 3 is 2.12 bits per heavy atom. The lowest BCUT2D eigenvalue weighted by atomic mass is 9.80. The first-order valence-corrected chi connectivity index (χ1v) is 13.7. The fourth-order valence-electron chi connectivity index (χ4n) is 4.88. The van der Waals surface area contributed by atoms with Gasteiger partial charge in [0.25, 0.3) is 11.8 Å². The number of alkyl halides is 2. The molecule has 2 aromatic rings. The van der Waals surface area contributed by atoms with Gasteiger partial charge in [0.1, 0.15) is 5.54 Å². The van der Waals surface area contributed by atoms with Gasteiger partial charge in [0.05, 0.1) is 5.41 Å². The molecule has 0 unspecified atom stereocenters. The predicted molar refractivity (Wildman–Crippen MR) is 153 cm³/mol. The molecular formula is C32H41F2N3O3. The van der Waals surface area contributed by atoms with E-state index in [1.807, 2.05) is 34.6 Å². The molecule has 0 aromatic heterocycles. The fraction of sp³-hybridized carbons (Fsp3) is 0.469. The number of carbonyl (C=O) groups excluding carboxylic acids is 3. The topological polar surface area (TPSA) is 87.3 Å². The summed E-state index contributed by atoms with van der Waals surface area (Å²) in [6.07, 6.45) is 4.08. The van der Waals surface area contributed by atoms with Crippen molar-refractivity contribution in [3.8, 4) is 0 Å². The zero-order valence-corrected chi connectivity index (χ0v) is 24.1. The molecule has 3 amide bonds. The van der Waals surface area contributed by atoms with Crippen LogP contribution in [0.15, 0.2) is 61.2 Å². The number of hydrogen-bond donors (Lipinski definition) is 3. The molecule has 0 bridgehead atoms. The molecule has 8 heteroatoms. The lowest BCUT2D eigenvalue weighted by Gasteiger charge is -2.36. The average molecular weight is 554 g/mol. The number of halogens is 2. The van der Waals surface area contributed by atoms with Crippen LogP contribution in [0.1, 0.15) is 93.8 Å². The molecule has 0 atom stereocenters. The molecule has 1 fully saturated rings. The molecule has 1 aliphatic rings. The molecule has 0 aliphatic heterocycles. The maximum atomic E-state index is 14.0. The van der Waals surface area contributed by atoms with Crippen LogP contribution in [0.3, 0.4) is 0 Å².